The quantitative estimate of drug-likeness (QED) is 0.770. The molecule has 2 heterocycles. The summed E-state index contributed by atoms with van der Waals surface area (Å²) in [6, 6.07) is 5.06. The van der Waals surface area contributed by atoms with Crippen LogP contribution in [0.3, 0.4) is 0 Å². The van der Waals surface area contributed by atoms with Crippen LogP contribution in [0.5, 0.6) is 0 Å². The first-order chi connectivity index (χ1) is 6.68. The van der Waals surface area contributed by atoms with Gasteiger partial charge in [0, 0.05) is 17.8 Å². The van der Waals surface area contributed by atoms with E-state index in [0.29, 0.717) is 5.56 Å². The van der Waals surface area contributed by atoms with Gasteiger partial charge < -0.3 is 10.7 Å². The van der Waals surface area contributed by atoms with Crippen LogP contribution in [-0.2, 0) is 0 Å². The highest BCUT2D eigenvalue weighted by Crippen LogP contribution is 2.10. The number of rotatable bonds is 1. The van der Waals surface area contributed by atoms with Gasteiger partial charge in [0.05, 0.1) is 11.0 Å². The lowest BCUT2D eigenvalue weighted by atomic mass is 10.1. The van der Waals surface area contributed by atoms with Crippen LogP contribution in [0.4, 0.5) is 0 Å². The van der Waals surface area contributed by atoms with E-state index in [1.165, 1.54) is 0 Å². The molecule has 0 bridgehead atoms. The van der Waals surface area contributed by atoms with Crippen molar-refractivity contribution in [3.8, 4) is 0 Å². The lowest BCUT2D eigenvalue weighted by Gasteiger charge is -2.04. The number of nitrogens with two attached hydrogens (primary N) is 1. The van der Waals surface area contributed by atoms with Crippen molar-refractivity contribution in [1.82, 2.24) is 9.97 Å². The Hall–Kier alpha value is -1.39. The van der Waals surface area contributed by atoms with E-state index in [0.717, 1.165) is 11.0 Å². The largest absolute Gasteiger partial charge is 0.324 e. The fourth-order valence-electron chi connectivity index (χ4n) is 1.38. The van der Waals surface area contributed by atoms with E-state index in [4.69, 9.17) is 5.73 Å². The van der Waals surface area contributed by atoms with Crippen molar-refractivity contribution >= 4 is 23.4 Å². The molecule has 2 aromatic rings. The SMILES string of the molecule is C[C@H](N)c1cc2ncccc2[nH]c1=O.Cl. The van der Waals surface area contributed by atoms with Gasteiger partial charge in [-0.1, -0.05) is 0 Å². The van der Waals surface area contributed by atoms with Crippen LogP contribution >= 0.6 is 12.4 Å². The Bertz CT molecular complexity index is 521. The molecule has 15 heavy (non-hydrogen) atoms. The molecule has 0 saturated carbocycles. The Morgan fingerprint density at radius 3 is 2.93 bits per heavy atom. The highest BCUT2D eigenvalue weighted by molar-refractivity contribution is 5.85. The highest BCUT2D eigenvalue weighted by atomic mass is 35.5. The average Bonchev–Trinajstić information content (AvgIpc) is 2.16. The van der Waals surface area contributed by atoms with Gasteiger partial charge in [0.2, 0.25) is 0 Å². The predicted molar refractivity (Wildman–Crippen MR) is 62.2 cm³/mol. The maximum atomic E-state index is 11.5. The van der Waals surface area contributed by atoms with Crippen LogP contribution in [-0.4, -0.2) is 9.97 Å². The molecule has 2 aromatic heterocycles. The smallest absolute Gasteiger partial charge is 0.253 e. The molecule has 5 heteroatoms. The molecule has 80 valence electrons. The van der Waals surface area contributed by atoms with Gasteiger partial charge in [-0.3, -0.25) is 9.78 Å². The van der Waals surface area contributed by atoms with Gasteiger partial charge in [0.15, 0.2) is 0 Å². The van der Waals surface area contributed by atoms with Crippen molar-refractivity contribution in [2.45, 2.75) is 13.0 Å². The molecule has 1 atom stereocenters. The Kier molecular flexibility index (Phi) is 3.44. The first-order valence-corrected chi connectivity index (χ1v) is 4.42. The van der Waals surface area contributed by atoms with Gasteiger partial charge in [0.1, 0.15) is 0 Å². The van der Waals surface area contributed by atoms with E-state index < -0.39 is 0 Å². The van der Waals surface area contributed by atoms with Crippen molar-refractivity contribution in [2.75, 3.05) is 0 Å². The number of aromatic nitrogens is 2. The first-order valence-electron chi connectivity index (χ1n) is 4.42. The second kappa shape index (κ2) is 4.42. The van der Waals surface area contributed by atoms with Crippen LogP contribution in [0.15, 0.2) is 29.2 Å². The molecule has 4 nitrogen and oxygen atoms in total. The van der Waals surface area contributed by atoms with E-state index in [2.05, 4.69) is 9.97 Å². The number of nitrogens with zero attached hydrogens (tertiary/aromatic N) is 1. The number of halogens is 1. The summed E-state index contributed by atoms with van der Waals surface area (Å²) in [7, 11) is 0. The summed E-state index contributed by atoms with van der Waals surface area (Å²) >= 11 is 0. The molecule has 0 aliphatic rings. The molecule has 0 radical (unpaired) electrons. The number of aromatic amines is 1. The Labute approximate surface area is 92.9 Å². The summed E-state index contributed by atoms with van der Waals surface area (Å²) in [5.74, 6) is 0. The molecule has 3 N–H and O–H groups in total. The molecule has 0 unspecified atom stereocenters. The maximum Gasteiger partial charge on any atom is 0.253 e. The molecule has 0 aliphatic carbocycles. The van der Waals surface area contributed by atoms with Crippen LogP contribution in [0.1, 0.15) is 18.5 Å². The predicted octanol–water partition coefficient (Wildman–Crippen LogP) is 1.36. The van der Waals surface area contributed by atoms with Crippen LogP contribution in [0.25, 0.3) is 11.0 Å². The zero-order chi connectivity index (χ0) is 10.1. The van der Waals surface area contributed by atoms with Gasteiger partial charge in [-0.2, -0.15) is 0 Å². The molecule has 0 aliphatic heterocycles. The summed E-state index contributed by atoms with van der Waals surface area (Å²) in [5, 5.41) is 0. The van der Waals surface area contributed by atoms with Crippen molar-refractivity contribution in [2.24, 2.45) is 5.73 Å². The topological polar surface area (TPSA) is 71.8 Å². The molecule has 0 aromatic carbocycles. The van der Waals surface area contributed by atoms with Gasteiger partial charge in [0.25, 0.3) is 5.56 Å². The fraction of sp³-hybridized carbons (Fsp3) is 0.200. The number of nitrogens with one attached hydrogen (secondary N) is 1. The van der Waals surface area contributed by atoms with Crippen LogP contribution in [0.2, 0.25) is 0 Å². The van der Waals surface area contributed by atoms with Crippen molar-refractivity contribution in [3.63, 3.8) is 0 Å². The molecule has 2 rings (SSSR count). The Balaban J connectivity index is 0.00000112. The molecule has 0 spiro atoms. The zero-order valence-electron chi connectivity index (χ0n) is 8.23. The standard InChI is InChI=1S/C10H11N3O.ClH/c1-6(11)7-5-9-8(13-10(7)14)3-2-4-12-9;/h2-6H,11H2,1H3,(H,13,14);1H/t6-;/m0./s1. The van der Waals surface area contributed by atoms with Crippen molar-refractivity contribution < 1.29 is 0 Å². The van der Waals surface area contributed by atoms with E-state index in [1.807, 2.05) is 6.07 Å². The third-order valence-electron chi connectivity index (χ3n) is 2.13. The number of pyridine rings is 2. The fourth-order valence-corrected chi connectivity index (χ4v) is 1.38. The van der Waals surface area contributed by atoms with E-state index in [-0.39, 0.29) is 24.0 Å². The third-order valence-corrected chi connectivity index (χ3v) is 2.13. The van der Waals surface area contributed by atoms with Crippen LogP contribution in [0, 0.1) is 0 Å². The van der Waals surface area contributed by atoms with Crippen molar-refractivity contribution in [3.05, 3.63) is 40.3 Å². The van der Waals surface area contributed by atoms with Crippen LogP contribution < -0.4 is 11.3 Å². The minimum Gasteiger partial charge on any atom is -0.324 e. The minimum absolute atomic E-state index is 0. The van der Waals surface area contributed by atoms with E-state index in [9.17, 15) is 4.79 Å². The van der Waals surface area contributed by atoms with Gasteiger partial charge in [-0.25, -0.2) is 0 Å². The lowest BCUT2D eigenvalue weighted by Crippen LogP contribution is -2.19. The normalized spacial score (nSPS) is 12.1. The summed E-state index contributed by atoms with van der Waals surface area (Å²) in [4.78, 5) is 18.4. The molecule has 0 saturated heterocycles. The second-order valence-electron chi connectivity index (χ2n) is 3.28. The molecule has 0 fully saturated rings. The molecule has 0 amide bonds. The number of hydrogen-bond donors (Lipinski definition) is 2. The minimum atomic E-state index is -0.273. The van der Waals surface area contributed by atoms with E-state index >= 15 is 0 Å². The third kappa shape index (κ3) is 2.16. The summed E-state index contributed by atoms with van der Waals surface area (Å²) in [6.07, 6.45) is 1.69. The average molecular weight is 226 g/mol. The summed E-state index contributed by atoms with van der Waals surface area (Å²) in [5.41, 5.74) is 7.59. The number of hydrogen-bond acceptors (Lipinski definition) is 3. The number of fused-ring (bicyclic) bond motifs is 1. The first kappa shape index (κ1) is 11.7. The van der Waals surface area contributed by atoms with E-state index in [1.54, 1.807) is 25.3 Å². The Morgan fingerprint density at radius 2 is 2.27 bits per heavy atom. The monoisotopic (exact) mass is 225 g/mol. The van der Waals surface area contributed by atoms with Gasteiger partial charge in [-0.15, -0.1) is 12.4 Å². The Morgan fingerprint density at radius 1 is 1.53 bits per heavy atom. The van der Waals surface area contributed by atoms with Gasteiger partial charge >= 0.3 is 0 Å². The molecular formula is C10H12ClN3O. The van der Waals surface area contributed by atoms with Crippen molar-refractivity contribution in [1.29, 1.82) is 0 Å². The number of H-pyrrole nitrogens is 1. The van der Waals surface area contributed by atoms with Gasteiger partial charge in [-0.05, 0) is 25.1 Å². The second-order valence-corrected chi connectivity index (χ2v) is 3.28. The lowest BCUT2D eigenvalue weighted by molar-refractivity contribution is 0.803. The summed E-state index contributed by atoms with van der Waals surface area (Å²) in [6.45, 7) is 1.78. The zero-order valence-corrected chi connectivity index (χ0v) is 9.04. The highest BCUT2D eigenvalue weighted by Gasteiger charge is 2.06. The summed E-state index contributed by atoms with van der Waals surface area (Å²) < 4.78 is 0. The molecular weight excluding hydrogens is 214 g/mol. The maximum absolute atomic E-state index is 11.5.